The molecule has 1 atom stereocenters. The topological polar surface area (TPSA) is 131 Å². The SMILES string of the molecule is CC(=O)NC(C(=O)O)c1ccc(N=C(N)N)cc1. The lowest BCUT2D eigenvalue weighted by atomic mass is 10.1. The first kappa shape index (κ1) is 13.5. The molecule has 6 N–H and O–H groups in total. The fourth-order valence-corrected chi connectivity index (χ4v) is 1.38. The molecule has 0 fully saturated rings. The van der Waals surface area contributed by atoms with Crippen LogP contribution in [0.5, 0.6) is 0 Å². The number of nitrogens with one attached hydrogen (secondary N) is 1. The summed E-state index contributed by atoms with van der Waals surface area (Å²) in [5, 5.41) is 11.3. The Balaban J connectivity index is 2.97. The monoisotopic (exact) mass is 250 g/mol. The summed E-state index contributed by atoms with van der Waals surface area (Å²) in [5.41, 5.74) is 11.4. The highest BCUT2D eigenvalue weighted by Crippen LogP contribution is 2.18. The summed E-state index contributed by atoms with van der Waals surface area (Å²) in [6.07, 6.45) is 0. The Morgan fingerprint density at radius 3 is 2.22 bits per heavy atom. The zero-order chi connectivity index (χ0) is 13.7. The number of carbonyl (C=O) groups excluding carboxylic acids is 1. The Morgan fingerprint density at radius 2 is 1.83 bits per heavy atom. The van der Waals surface area contributed by atoms with E-state index in [-0.39, 0.29) is 5.96 Å². The van der Waals surface area contributed by atoms with Crippen molar-refractivity contribution >= 4 is 23.5 Å². The van der Waals surface area contributed by atoms with Crippen LogP contribution in [0.25, 0.3) is 0 Å². The number of carbonyl (C=O) groups is 2. The van der Waals surface area contributed by atoms with Crippen LogP contribution in [0.3, 0.4) is 0 Å². The Hall–Kier alpha value is -2.57. The van der Waals surface area contributed by atoms with E-state index >= 15 is 0 Å². The van der Waals surface area contributed by atoms with Crippen molar-refractivity contribution in [2.45, 2.75) is 13.0 Å². The number of benzene rings is 1. The maximum atomic E-state index is 11.0. The van der Waals surface area contributed by atoms with Crippen molar-refractivity contribution in [2.75, 3.05) is 0 Å². The van der Waals surface area contributed by atoms with E-state index in [1.807, 2.05) is 0 Å². The average Bonchev–Trinajstić information content (AvgIpc) is 2.26. The lowest BCUT2D eigenvalue weighted by molar-refractivity contribution is -0.141. The number of amides is 1. The third-order valence-corrected chi connectivity index (χ3v) is 2.08. The van der Waals surface area contributed by atoms with Crippen LogP contribution in [0, 0.1) is 0 Å². The highest BCUT2D eigenvalue weighted by atomic mass is 16.4. The van der Waals surface area contributed by atoms with Crippen molar-refractivity contribution in [3.63, 3.8) is 0 Å². The van der Waals surface area contributed by atoms with Crippen LogP contribution >= 0.6 is 0 Å². The van der Waals surface area contributed by atoms with Crippen molar-refractivity contribution in [3.05, 3.63) is 29.8 Å². The third kappa shape index (κ3) is 3.78. The van der Waals surface area contributed by atoms with Gasteiger partial charge in [-0.25, -0.2) is 9.79 Å². The molecule has 96 valence electrons. The number of guanidine groups is 1. The molecule has 18 heavy (non-hydrogen) atoms. The van der Waals surface area contributed by atoms with Gasteiger partial charge in [-0.3, -0.25) is 4.79 Å². The normalized spacial score (nSPS) is 11.4. The number of aliphatic imine (C=N–C) groups is 1. The second kappa shape index (κ2) is 5.67. The molecule has 0 saturated heterocycles. The Morgan fingerprint density at radius 1 is 1.28 bits per heavy atom. The molecule has 0 radical (unpaired) electrons. The number of nitrogens with two attached hydrogens (primary N) is 2. The molecule has 7 heteroatoms. The highest BCUT2D eigenvalue weighted by Gasteiger charge is 2.20. The zero-order valence-electron chi connectivity index (χ0n) is 9.75. The van der Waals surface area contributed by atoms with E-state index in [9.17, 15) is 9.59 Å². The first-order valence-electron chi connectivity index (χ1n) is 5.09. The van der Waals surface area contributed by atoms with Crippen molar-refractivity contribution < 1.29 is 14.7 Å². The van der Waals surface area contributed by atoms with Crippen LogP contribution in [0.4, 0.5) is 5.69 Å². The van der Waals surface area contributed by atoms with E-state index in [0.29, 0.717) is 11.3 Å². The zero-order valence-corrected chi connectivity index (χ0v) is 9.75. The second-order valence-corrected chi connectivity index (χ2v) is 3.60. The van der Waals surface area contributed by atoms with Gasteiger partial charge in [-0.05, 0) is 17.7 Å². The van der Waals surface area contributed by atoms with Gasteiger partial charge >= 0.3 is 5.97 Å². The smallest absolute Gasteiger partial charge is 0.330 e. The number of aliphatic carboxylic acids is 1. The Labute approximate surface area is 103 Å². The lowest BCUT2D eigenvalue weighted by Crippen LogP contribution is -2.31. The maximum Gasteiger partial charge on any atom is 0.330 e. The number of hydrogen-bond acceptors (Lipinski definition) is 3. The first-order valence-corrected chi connectivity index (χ1v) is 5.09. The van der Waals surface area contributed by atoms with Gasteiger partial charge in [0, 0.05) is 6.92 Å². The van der Waals surface area contributed by atoms with Gasteiger partial charge in [-0.1, -0.05) is 12.1 Å². The van der Waals surface area contributed by atoms with E-state index in [2.05, 4.69) is 10.3 Å². The van der Waals surface area contributed by atoms with Gasteiger partial charge < -0.3 is 21.9 Å². The fourth-order valence-electron chi connectivity index (χ4n) is 1.38. The van der Waals surface area contributed by atoms with Crippen LogP contribution < -0.4 is 16.8 Å². The van der Waals surface area contributed by atoms with Gasteiger partial charge in [0.25, 0.3) is 0 Å². The van der Waals surface area contributed by atoms with Crippen LogP contribution in [0.1, 0.15) is 18.5 Å². The van der Waals surface area contributed by atoms with Crippen molar-refractivity contribution in [1.82, 2.24) is 5.32 Å². The summed E-state index contributed by atoms with van der Waals surface area (Å²) in [5.74, 6) is -1.64. The molecule has 0 aliphatic heterocycles. The number of rotatable bonds is 4. The average molecular weight is 250 g/mol. The molecule has 1 aromatic rings. The van der Waals surface area contributed by atoms with Crippen LogP contribution in [0.15, 0.2) is 29.3 Å². The quantitative estimate of drug-likeness (QED) is 0.436. The first-order chi connectivity index (χ1) is 8.40. The Bertz CT molecular complexity index is 478. The number of carboxylic acids is 1. The van der Waals surface area contributed by atoms with E-state index in [1.165, 1.54) is 19.1 Å². The Kier molecular flexibility index (Phi) is 4.25. The summed E-state index contributed by atoms with van der Waals surface area (Å²) in [6, 6.07) is 5.11. The molecule has 7 nitrogen and oxygen atoms in total. The number of nitrogens with zero attached hydrogens (tertiary/aromatic N) is 1. The van der Waals surface area contributed by atoms with Crippen LogP contribution in [0.2, 0.25) is 0 Å². The molecular weight excluding hydrogens is 236 g/mol. The summed E-state index contributed by atoms with van der Waals surface area (Å²) in [7, 11) is 0. The molecule has 1 amide bonds. The summed E-state index contributed by atoms with van der Waals surface area (Å²) < 4.78 is 0. The molecule has 0 spiro atoms. The minimum Gasteiger partial charge on any atom is -0.479 e. The molecule has 0 heterocycles. The molecule has 1 aromatic carbocycles. The summed E-state index contributed by atoms with van der Waals surface area (Å²) in [4.78, 5) is 25.7. The van der Waals surface area contributed by atoms with Gasteiger partial charge in [0.05, 0.1) is 5.69 Å². The van der Waals surface area contributed by atoms with E-state index in [1.54, 1.807) is 12.1 Å². The molecular formula is C11H14N4O3. The van der Waals surface area contributed by atoms with Gasteiger partial charge in [-0.15, -0.1) is 0 Å². The van der Waals surface area contributed by atoms with E-state index in [0.717, 1.165) is 0 Å². The van der Waals surface area contributed by atoms with E-state index < -0.39 is 17.9 Å². The minimum atomic E-state index is -1.14. The number of hydrogen-bond donors (Lipinski definition) is 4. The molecule has 0 aliphatic rings. The highest BCUT2D eigenvalue weighted by molar-refractivity contribution is 5.83. The molecule has 0 aliphatic carbocycles. The standard InChI is InChI=1S/C11H14N4O3/c1-6(16)14-9(10(17)18)7-2-4-8(5-3-7)15-11(12)13/h2-5,9H,1H3,(H,14,16)(H,17,18)(H4,12,13,15). The van der Waals surface area contributed by atoms with Crippen molar-refractivity contribution in [2.24, 2.45) is 16.5 Å². The van der Waals surface area contributed by atoms with Gasteiger partial charge in [0.2, 0.25) is 5.91 Å². The number of carboxylic acid groups (broad SMARTS) is 1. The van der Waals surface area contributed by atoms with Gasteiger partial charge in [0.15, 0.2) is 12.0 Å². The fraction of sp³-hybridized carbons (Fsp3) is 0.182. The molecule has 0 saturated carbocycles. The molecule has 0 bridgehead atoms. The largest absolute Gasteiger partial charge is 0.479 e. The predicted molar refractivity (Wildman–Crippen MR) is 66.1 cm³/mol. The van der Waals surface area contributed by atoms with Crippen LogP contribution in [-0.4, -0.2) is 22.9 Å². The second-order valence-electron chi connectivity index (χ2n) is 3.60. The maximum absolute atomic E-state index is 11.0. The summed E-state index contributed by atoms with van der Waals surface area (Å²) >= 11 is 0. The van der Waals surface area contributed by atoms with Crippen molar-refractivity contribution in [1.29, 1.82) is 0 Å². The predicted octanol–water partition coefficient (Wildman–Crippen LogP) is -0.147. The minimum absolute atomic E-state index is 0.0839. The molecule has 1 rings (SSSR count). The lowest BCUT2D eigenvalue weighted by Gasteiger charge is -2.13. The molecule has 1 unspecified atom stereocenters. The van der Waals surface area contributed by atoms with Crippen molar-refractivity contribution in [3.8, 4) is 0 Å². The van der Waals surface area contributed by atoms with Gasteiger partial charge in [-0.2, -0.15) is 0 Å². The third-order valence-electron chi connectivity index (χ3n) is 2.08. The summed E-state index contributed by atoms with van der Waals surface area (Å²) in [6.45, 7) is 1.25. The van der Waals surface area contributed by atoms with Crippen LogP contribution in [-0.2, 0) is 9.59 Å². The molecule has 0 aromatic heterocycles. The van der Waals surface area contributed by atoms with E-state index in [4.69, 9.17) is 16.6 Å². The van der Waals surface area contributed by atoms with Gasteiger partial charge in [0.1, 0.15) is 0 Å².